The molecule has 0 aliphatic rings. The molecule has 1 aromatic carbocycles. The van der Waals surface area contributed by atoms with E-state index in [9.17, 15) is 8.42 Å². The number of hydrogen-bond acceptors (Lipinski definition) is 5. The molecule has 1 aromatic rings. The first-order valence-electron chi connectivity index (χ1n) is 3.22. The van der Waals surface area contributed by atoms with E-state index in [4.69, 9.17) is 15.6 Å². The maximum absolute atomic E-state index is 10.8. The highest BCUT2D eigenvalue weighted by Crippen LogP contribution is 2.15. The number of primary sulfonamides is 1. The monoisotopic (exact) mass is 204 g/mol. The molecule has 0 amide bonds. The van der Waals surface area contributed by atoms with Gasteiger partial charge in [-0.3, -0.25) is 10.4 Å². The fourth-order valence-corrected chi connectivity index (χ4v) is 1.34. The zero-order chi connectivity index (χ0) is 10.1. The Bertz CT molecular complexity index is 401. The largest absolute Gasteiger partial charge is 0.264 e. The Kier molecular flexibility index (Phi) is 2.52. The predicted octanol–water partition coefficient (Wildman–Crippen LogP) is -0.0812. The van der Waals surface area contributed by atoms with E-state index in [1.165, 1.54) is 18.2 Å². The highest BCUT2D eigenvalue weighted by Gasteiger charge is 2.09. The lowest BCUT2D eigenvalue weighted by atomic mass is 10.3. The van der Waals surface area contributed by atoms with Gasteiger partial charge in [0.05, 0.1) is 10.6 Å². The summed E-state index contributed by atoms with van der Waals surface area (Å²) in [5, 5.41) is 21.8. The maximum atomic E-state index is 10.8. The Morgan fingerprint density at radius 3 is 2.38 bits per heavy atom. The molecule has 0 spiro atoms. The smallest absolute Gasteiger partial charge is 0.238 e. The molecule has 0 fully saturated rings. The van der Waals surface area contributed by atoms with E-state index in [0.29, 0.717) is 0 Å². The number of anilines is 1. The van der Waals surface area contributed by atoms with Gasteiger partial charge in [-0.05, 0) is 18.2 Å². The highest BCUT2D eigenvalue weighted by molar-refractivity contribution is 7.89. The molecule has 6 nitrogen and oxygen atoms in total. The molecule has 0 atom stereocenters. The van der Waals surface area contributed by atoms with Gasteiger partial charge in [-0.25, -0.2) is 13.6 Å². The van der Waals surface area contributed by atoms with Crippen LogP contribution in [0.3, 0.4) is 0 Å². The molecule has 0 unspecified atom stereocenters. The molecule has 7 heteroatoms. The van der Waals surface area contributed by atoms with Crippen LogP contribution in [0.5, 0.6) is 0 Å². The summed E-state index contributed by atoms with van der Waals surface area (Å²) < 4.78 is 21.6. The second-order valence-electron chi connectivity index (χ2n) is 2.33. The number of sulfonamides is 1. The van der Waals surface area contributed by atoms with Crippen LogP contribution in [0.2, 0.25) is 0 Å². The van der Waals surface area contributed by atoms with Crippen LogP contribution in [-0.2, 0) is 10.0 Å². The molecule has 0 aromatic heterocycles. The SMILES string of the molecule is NS(=O)(=O)c1cccc(N(O)O)c1. The van der Waals surface area contributed by atoms with Gasteiger partial charge >= 0.3 is 0 Å². The van der Waals surface area contributed by atoms with Crippen LogP contribution in [0.25, 0.3) is 0 Å². The molecule has 0 saturated heterocycles. The number of benzene rings is 1. The van der Waals surface area contributed by atoms with Crippen molar-refractivity contribution in [1.29, 1.82) is 0 Å². The number of hydrogen-bond donors (Lipinski definition) is 3. The minimum absolute atomic E-state index is 0.0773. The van der Waals surface area contributed by atoms with Crippen molar-refractivity contribution in [3.05, 3.63) is 24.3 Å². The Morgan fingerprint density at radius 1 is 1.31 bits per heavy atom. The topological polar surface area (TPSA) is 104 Å². The Balaban J connectivity index is 3.21. The van der Waals surface area contributed by atoms with Crippen LogP contribution in [0.15, 0.2) is 29.2 Å². The van der Waals surface area contributed by atoms with Gasteiger partial charge in [-0.1, -0.05) is 6.07 Å². The molecule has 72 valence electrons. The lowest BCUT2D eigenvalue weighted by Crippen LogP contribution is -2.15. The second kappa shape index (κ2) is 3.30. The third kappa shape index (κ3) is 2.39. The Morgan fingerprint density at radius 2 is 1.92 bits per heavy atom. The quantitative estimate of drug-likeness (QED) is 0.584. The fraction of sp³-hybridized carbons (Fsp3) is 0. The second-order valence-corrected chi connectivity index (χ2v) is 3.89. The van der Waals surface area contributed by atoms with Crippen LogP contribution in [0.4, 0.5) is 5.69 Å². The molecular weight excluding hydrogens is 196 g/mol. The van der Waals surface area contributed by atoms with Gasteiger partial charge in [0.25, 0.3) is 0 Å². The molecule has 0 heterocycles. The highest BCUT2D eigenvalue weighted by atomic mass is 32.2. The lowest BCUT2D eigenvalue weighted by Gasteiger charge is -2.08. The van der Waals surface area contributed by atoms with Crippen LogP contribution in [0.1, 0.15) is 0 Å². The lowest BCUT2D eigenvalue weighted by molar-refractivity contribution is 0.0290. The third-order valence-corrected chi connectivity index (χ3v) is 2.29. The molecule has 0 aliphatic carbocycles. The van der Waals surface area contributed by atoms with Crippen LogP contribution >= 0.6 is 0 Å². The van der Waals surface area contributed by atoms with Crippen molar-refractivity contribution in [3.63, 3.8) is 0 Å². The van der Waals surface area contributed by atoms with Crippen molar-refractivity contribution in [2.45, 2.75) is 4.90 Å². The Labute approximate surface area is 74.8 Å². The normalized spacial score (nSPS) is 11.3. The number of rotatable bonds is 2. The van der Waals surface area contributed by atoms with Crippen molar-refractivity contribution < 1.29 is 18.8 Å². The minimum Gasteiger partial charge on any atom is -0.264 e. The predicted molar refractivity (Wildman–Crippen MR) is 43.9 cm³/mol. The van der Waals surface area contributed by atoms with Crippen LogP contribution in [-0.4, -0.2) is 18.8 Å². The van der Waals surface area contributed by atoms with Gasteiger partial charge in [0.15, 0.2) is 0 Å². The summed E-state index contributed by atoms with van der Waals surface area (Å²) in [6, 6.07) is 4.95. The van der Waals surface area contributed by atoms with Gasteiger partial charge in [0.2, 0.25) is 10.0 Å². The molecular formula is C6H8N2O4S. The first kappa shape index (κ1) is 9.93. The molecule has 0 radical (unpaired) electrons. The zero-order valence-corrected chi connectivity index (χ0v) is 7.27. The van der Waals surface area contributed by atoms with Crippen molar-refractivity contribution in [2.75, 3.05) is 5.23 Å². The summed E-state index contributed by atoms with van der Waals surface area (Å²) in [7, 11) is -3.81. The van der Waals surface area contributed by atoms with Crippen molar-refractivity contribution in [2.24, 2.45) is 5.14 Å². The maximum Gasteiger partial charge on any atom is 0.238 e. The first-order valence-corrected chi connectivity index (χ1v) is 4.76. The Hall–Kier alpha value is -1.15. The van der Waals surface area contributed by atoms with Crippen molar-refractivity contribution in [3.8, 4) is 0 Å². The summed E-state index contributed by atoms with van der Waals surface area (Å²) in [4.78, 5) is -0.182. The summed E-state index contributed by atoms with van der Waals surface area (Å²) >= 11 is 0. The minimum atomic E-state index is -3.81. The summed E-state index contributed by atoms with van der Waals surface area (Å²) in [5.41, 5.74) is -0.0773. The van der Waals surface area contributed by atoms with E-state index < -0.39 is 10.0 Å². The summed E-state index contributed by atoms with van der Waals surface area (Å²) in [5.74, 6) is 0. The third-order valence-electron chi connectivity index (χ3n) is 1.38. The first-order chi connectivity index (χ1) is 5.91. The molecule has 0 saturated carbocycles. The van der Waals surface area contributed by atoms with Crippen molar-refractivity contribution >= 4 is 15.7 Å². The number of nitrogens with two attached hydrogens (primary N) is 1. The van der Waals surface area contributed by atoms with Gasteiger partial charge in [-0.15, -0.1) is 5.23 Å². The molecule has 0 bridgehead atoms. The molecule has 0 aliphatic heterocycles. The number of nitrogens with zero attached hydrogens (tertiary/aromatic N) is 1. The standard InChI is InChI=1S/C6H8N2O4S/c7-13(11,12)6-3-1-2-5(4-6)8(9)10/h1-4,9-10H,(H2,7,11,12). The van der Waals surface area contributed by atoms with Gasteiger partial charge in [0, 0.05) is 0 Å². The van der Waals surface area contributed by atoms with Crippen LogP contribution < -0.4 is 10.4 Å². The fourth-order valence-electron chi connectivity index (χ4n) is 0.785. The van der Waals surface area contributed by atoms with Gasteiger partial charge < -0.3 is 0 Å². The van der Waals surface area contributed by atoms with E-state index in [2.05, 4.69) is 0 Å². The van der Waals surface area contributed by atoms with E-state index in [1.54, 1.807) is 0 Å². The molecule has 13 heavy (non-hydrogen) atoms. The van der Waals surface area contributed by atoms with E-state index in [0.717, 1.165) is 6.07 Å². The average molecular weight is 204 g/mol. The molecule has 1 rings (SSSR count). The van der Waals surface area contributed by atoms with Crippen LogP contribution in [0, 0.1) is 0 Å². The van der Waals surface area contributed by atoms with E-state index >= 15 is 0 Å². The summed E-state index contributed by atoms with van der Waals surface area (Å²) in [6.45, 7) is 0. The summed E-state index contributed by atoms with van der Waals surface area (Å²) in [6.07, 6.45) is 0. The van der Waals surface area contributed by atoms with Gasteiger partial charge in [0.1, 0.15) is 0 Å². The zero-order valence-electron chi connectivity index (χ0n) is 6.45. The van der Waals surface area contributed by atoms with E-state index in [1.807, 2.05) is 0 Å². The van der Waals surface area contributed by atoms with Gasteiger partial charge in [-0.2, -0.15) is 0 Å². The van der Waals surface area contributed by atoms with Crippen molar-refractivity contribution in [1.82, 2.24) is 0 Å². The van der Waals surface area contributed by atoms with E-state index in [-0.39, 0.29) is 15.8 Å². The average Bonchev–Trinajstić information content (AvgIpc) is 2.03. The molecule has 4 N–H and O–H groups in total.